The van der Waals surface area contributed by atoms with E-state index in [9.17, 15) is 4.79 Å². The monoisotopic (exact) mass is 342 g/mol. The van der Waals surface area contributed by atoms with Crippen molar-refractivity contribution in [2.75, 3.05) is 0 Å². The van der Waals surface area contributed by atoms with Crippen molar-refractivity contribution >= 4 is 34.1 Å². The number of thioether (sulfide) groups is 1. The van der Waals surface area contributed by atoms with Crippen molar-refractivity contribution in [2.45, 2.75) is 10.2 Å². The molecule has 7 nitrogen and oxygen atoms in total. The van der Waals surface area contributed by atoms with Gasteiger partial charge in [0.15, 0.2) is 9.99 Å². The Morgan fingerprint density at radius 3 is 2.87 bits per heavy atom. The number of thiazole rings is 1. The molecular weight excluding hydrogens is 332 g/mol. The van der Waals surface area contributed by atoms with E-state index in [1.165, 1.54) is 34.0 Å². The normalized spacial score (nSPS) is 11.1. The van der Waals surface area contributed by atoms with Gasteiger partial charge in [-0.2, -0.15) is 9.78 Å². The zero-order valence-corrected chi connectivity index (χ0v) is 13.4. The molecule has 1 aromatic carbocycles. The van der Waals surface area contributed by atoms with Crippen molar-refractivity contribution < 1.29 is 0 Å². The summed E-state index contributed by atoms with van der Waals surface area (Å²) >= 11 is 2.97. The summed E-state index contributed by atoms with van der Waals surface area (Å²) in [5.41, 5.74) is 1.09. The number of fused-ring (bicyclic) bond motifs is 1. The van der Waals surface area contributed by atoms with Crippen molar-refractivity contribution in [1.29, 1.82) is 0 Å². The van der Waals surface area contributed by atoms with E-state index in [4.69, 9.17) is 0 Å². The lowest BCUT2D eigenvalue weighted by molar-refractivity contribution is 0.640. The molecular formula is C14H10N6OS2. The minimum absolute atomic E-state index is 0.207. The Bertz CT molecular complexity index is 993. The average molecular weight is 342 g/mol. The maximum atomic E-state index is 12.5. The van der Waals surface area contributed by atoms with Crippen LogP contribution in [0.3, 0.4) is 0 Å². The van der Waals surface area contributed by atoms with Crippen molar-refractivity contribution in [3.05, 3.63) is 58.5 Å². The van der Waals surface area contributed by atoms with E-state index in [0.717, 1.165) is 10.0 Å². The fourth-order valence-electron chi connectivity index (χ4n) is 2.11. The number of hydrogen-bond donors (Lipinski definition) is 0. The summed E-state index contributed by atoms with van der Waals surface area (Å²) in [4.78, 5) is 16.7. The largest absolute Gasteiger partial charge is 0.281 e. The zero-order valence-electron chi connectivity index (χ0n) is 11.7. The third-order valence-electron chi connectivity index (χ3n) is 3.18. The summed E-state index contributed by atoms with van der Waals surface area (Å²) in [6.45, 7) is 0. The van der Waals surface area contributed by atoms with E-state index in [1.54, 1.807) is 10.9 Å². The number of rotatable bonds is 4. The van der Waals surface area contributed by atoms with Crippen LogP contribution < -0.4 is 5.56 Å². The summed E-state index contributed by atoms with van der Waals surface area (Å²) in [6, 6.07) is 9.53. The second-order valence-electron chi connectivity index (χ2n) is 4.59. The Labute approximate surface area is 138 Å². The molecule has 23 heavy (non-hydrogen) atoms. The lowest BCUT2D eigenvalue weighted by atomic mass is 10.3. The van der Waals surface area contributed by atoms with Crippen molar-refractivity contribution in [2.24, 2.45) is 0 Å². The Morgan fingerprint density at radius 2 is 2.09 bits per heavy atom. The molecule has 4 rings (SSSR count). The quantitative estimate of drug-likeness (QED) is 0.529. The minimum atomic E-state index is -0.207. The molecule has 0 bridgehead atoms. The summed E-state index contributed by atoms with van der Waals surface area (Å²) in [7, 11) is 0. The van der Waals surface area contributed by atoms with Crippen LogP contribution in [0.25, 0.3) is 16.7 Å². The minimum Gasteiger partial charge on any atom is -0.267 e. The van der Waals surface area contributed by atoms with Gasteiger partial charge in [-0.25, -0.2) is 9.67 Å². The van der Waals surface area contributed by atoms with Crippen LogP contribution in [0.2, 0.25) is 0 Å². The van der Waals surface area contributed by atoms with Gasteiger partial charge in [-0.05, 0) is 12.1 Å². The van der Waals surface area contributed by atoms with E-state index in [0.29, 0.717) is 16.9 Å². The van der Waals surface area contributed by atoms with E-state index in [2.05, 4.69) is 20.4 Å². The van der Waals surface area contributed by atoms with Gasteiger partial charge in [0.05, 0.1) is 17.8 Å². The topological polar surface area (TPSA) is 78.5 Å². The number of benzene rings is 1. The predicted octanol–water partition coefficient (Wildman–Crippen LogP) is 2.18. The molecule has 0 unspecified atom stereocenters. The number of nitrogens with zero attached hydrogens (tertiary/aromatic N) is 6. The molecule has 0 spiro atoms. The van der Waals surface area contributed by atoms with E-state index in [-0.39, 0.29) is 5.56 Å². The van der Waals surface area contributed by atoms with Crippen LogP contribution in [-0.4, -0.2) is 29.8 Å². The van der Waals surface area contributed by atoms with Gasteiger partial charge in [0.25, 0.3) is 5.56 Å². The first-order chi connectivity index (χ1) is 11.3. The Kier molecular flexibility index (Phi) is 3.64. The van der Waals surface area contributed by atoms with Crippen LogP contribution in [0.4, 0.5) is 0 Å². The second kappa shape index (κ2) is 5.94. The molecule has 0 radical (unpaired) electrons. The molecule has 0 saturated heterocycles. The fourth-order valence-corrected chi connectivity index (χ4v) is 3.60. The Balaban J connectivity index is 1.71. The van der Waals surface area contributed by atoms with Crippen molar-refractivity contribution in [1.82, 2.24) is 29.8 Å². The molecule has 9 heteroatoms. The van der Waals surface area contributed by atoms with Gasteiger partial charge in [-0.1, -0.05) is 35.2 Å². The van der Waals surface area contributed by atoms with Crippen LogP contribution in [0.15, 0.2) is 57.2 Å². The van der Waals surface area contributed by atoms with Crippen molar-refractivity contribution in [3.8, 4) is 5.69 Å². The molecule has 0 aliphatic carbocycles. The van der Waals surface area contributed by atoms with E-state index in [1.807, 2.05) is 35.7 Å². The molecule has 114 valence electrons. The van der Waals surface area contributed by atoms with Crippen LogP contribution in [-0.2, 0) is 5.88 Å². The molecule has 4 aromatic rings. The third-order valence-corrected chi connectivity index (χ3v) is 5.11. The lowest BCUT2D eigenvalue weighted by Gasteiger charge is -2.03. The molecule has 0 aliphatic heterocycles. The first-order valence-corrected chi connectivity index (χ1v) is 8.59. The summed E-state index contributed by atoms with van der Waals surface area (Å²) in [5.74, 6) is 0.367. The molecule has 3 aromatic heterocycles. The molecule has 0 aliphatic rings. The highest BCUT2D eigenvalue weighted by molar-refractivity contribution is 8.00. The first-order valence-electron chi connectivity index (χ1n) is 6.72. The maximum Gasteiger partial charge on any atom is 0.281 e. The standard InChI is InChI=1S/C14H10N6OS2/c21-13-11-8-16-20(10-4-2-1-3-5-10)12(11)17-18-19(13)9-23-14-15-6-7-22-14/h1-8H,9H2. The van der Waals surface area contributed by atoms with Gasteiger partial charge in [0.1, 0.15) is 5.39 Å². The fraction of sp³-hybridized carbons (Fsp3) is 0.0714. The maximum absolute atomic E-state index is 12.5. The predicted molar refractivity (Wildman–Crippen MR) is 88.9 cm³/mol. The number of aromatic nitrogens is 6. The van der Waals surface area contributed by atoms with Crippen molar-refractivity contribution in [3.63, 3.8) is 0 Å². The SMILES string of the molecule is O=c1c2cnn(-c3ccccc3)c2nnn1CSc1nccs1. The van der Waals surface area contributed by atoms with Gasteiger partial charge >= 0.3 is 0 Å². The van der Waals surface area contributed by atoms with Gasteiger partial charge in [-0.3, -0.25) is 4.79 Å². The van der Waals surface area contributed by atoms with Gasteiger partial charge in [0, 0.05) is 11.6 Å². The highest BCUT2D eigenvalue weighted by Crippen LogP contribution is 2.21. The van der Waals surface area contributed by atoms with Crippen LogP contribution in [0.5, 0.6) is 0 Å². The molecule has 0 saturated carbocycles. The first kappa shape index (κ1) is 14.1. The van der Waals surface area contributed by atoms with Gasteiger partial charge in [-0.15, -0.1) is 16.4 Å². The highest BCUT2D eigenvalue weighted by Gasteiger charge is 2.12. The van der Waals surface area contributed by atoms with Crippen LogP contribution in [0, 0.1) is 0 Å². The molecule has 0 fully saturated rings. The molecule has 0 atom stereocenters. The van der Waals surface area contributed by atoms with Gasteiger partial charge < -0.3 is 0 Å². The Hall–Kier alpha value is -2.52. The smallest absolute Gasteiger partial charge is 0.267 e. The number of para-hydroxylation sites is 1. The van der Waals surface area contributed by atoms with Crippen LogP contribution >= 0.6 is 23.1 Å². The summed E-state index contributed by atoms with van der Waals surface area (Å²) < 4.78 is 3.83. The van der Waals surface area contributed by atoms with E-state index >= 15 is 0 Å². The van der Waals surface area contributed by atoms with Crippen LogP contribution in [0.1, 0.15) is 0 Å². The Morgan fingerprint density at radius 1 is 1.22 bits per heavy atom. The molecule has 0 N–H and O–H groups in total. The zero-order chi connectivity index (χ0) is 15.6. The van der Waals surface area contributed by atoms with E-state index < -0.39 is 0 Å². The second-order valence-corrected chi connectivity index (χ2v) is 6.68. The summed E-state index contributed by atoms with van der Waals surface area (Å²) in [5, 5.41) is 14.8. The molecule has 0 amide bonds. The molecule has 3 heterocycles. The van der Waals surface area contributed by atoms with Gasteiger partial charge in [0.2, 0.25) is 0 Å². The summed E-state index contributed by atoms with van der Waals surface area (Å²) in [6.07, 6.45) is 3.26. The average Bonchev–Trinajstić information content (AvgIpc) is 3.25. The highest BCUT2D eigenvalue weighted by atomic mass is 32.2. The number of hydrogen-bond acceptors (Lipinski definition) is 7. The lowest BCUT2D eigenvalue weighted by Crippen LogP contribution is -2.23. The third kappa shape index (κ3) is 2.64.